The number of halogens is 2. The summed E-state index contributed by atoms with van der Waals surface area (Å²) in [7, 11) is 2.86. The highest BCUT2D eigenvalue weighted by Crippen LogP contribution is 2.35. The van der Waals surface area contributed by atoms with Gasteiger partial charge in [-0.1, -0.05) is 23.7 Å². The summed E-state index contributed by atoms with van der Waals surface area (Å²) in [4.78, 5) is 17.3. The van der Waals surface area contributed by atoms with E-state index in [1.165, 1.54) is 37.0 Å². The number of hydrogen-bond donors (Lipinski definition) is 0. The van der Waals surface area contributed by atoms with E-state index in [4.69, 9.17) is 16.4 Å². The molecule has 5 nitrogen and oxygen atoms in total. The van der Waals surface area contributed by atoms with Crippen molar-refractivity contribution in [2.75, 3.05) is 14.2 Å². The van der Waals surface area contributed by atoms with E-state index >= 15 is 0 Å². The van der Waals surface area contributed by atoms with Gasteiger partial charge in [-0.25, -0.2) is 14.0 Å². The van der Waals surface area contributed by atoms with Gasteiger partial charge in [-0.15, -0.1) is 0 Å². The first-order valence-electron chi connectivity index (χ1n) is 6.77. The number of hydrogen-bond acceptors (Lipinski definition) is 3. The van der Waals surface area contributed by atoms with E-state index in [1.807, 2.05) is 0 Å². The molecule has 0 bridgehead atoms. The fourth-order valence-electron chi connectivity index (χ4n) is 2.36. The maximum atomic E-state index is 13.6. The molecule has 7 heteroatoms. The lowest BCUT2D eigenvalue weighted by Gasteiger charge is -2.17. The van der Waals surface area contributed by atoms with Crippen molar-refractivity contribution in [3.63, 3.8) is 0 Å². The van der Waals surface area contributed by atoms with Gasteiger partial charge in [0.1, 0.15) is 5.82 Å². The normalized spacial score (nSPS) is 11.0. The molecule has 2 heterocycles. The second-order valence-electron chi connectivity index (χ2n) is 4.89. The van der Waals surface area contributed by atoms with E-state index in [-0.39, 0.29) is 16.4 Å². The van der Waals surface area contributed by atoms with Gasteiger partial charge in [0.25, 0.3) is 5.91 Å². The van der Waals surface area contributed by atoms with E-state index in [0.29, 0.717) is 16.6 Å². The Balaban J connectivity index is 2.30. The lowest BCUT2D eigenvalue weighted by Crippen LogP contribution is -2.26. The molecule has 0 aliphatic carbocycles. The first kappa shape index (κ1) is 15.5. The zero-order chi connectivity index (χ0) is 16.6. The number of amides is 1. The number of benzene rings is 1. The zero-order valence-electron chi connectivity index (χ0n) is 12.5. The van der Waals surface area contributed by atoms with Crippen LogP contribution in [0.25, 0.3) is 16.6 Å². The van der Waals surface area contributed by atoms with Crippen LogP contribution in [0.5, 0.6) is 0 Å². The number of pyridine rings is 1. The molecule has 0 radical (unpaired) electrons. The Bertz CT molecular complexity index is 894. The van der Waals surface area contributed by atoms with E-state index in [9.17, 15) is 9.18 Å². The van der Waals surface area contributed by atoms with Crippen molar-refractivity contribution < 1.29 is 14.0 Å². The first-order valence-corrected chi connectivity index (χ1v) is 7.14. The molecule has 3 rings (SSSR count). The minimum atomic E-state index is -0.424. The van der Waals surface area contributed by atoms with Crippen LogP contribution < -0.4 is 0 Å². The molecule has 0 aliphatic rings. The molecule has 23 heavy (non-hydrogen) atoms. The van der Waals surface area contributed by atoms with Gasteiger partial charge in [-0.3, -0.25) is 9.63 Å². The molecule has 0 saturated carbocycles. The van der Waals surface area contributed by atoms with Gasteiger partial charge in [-0.2, -0.15) is 5.10 Å². The van der Waals surface area contributed by atoms with E-state index in [1.54, 1.807) is 24.4 Å². The molecule has 0 fully saturated rings. The maximum absolute atomic E-state index is 13.6. The van der Waals surface area contributed by atoms with Crippen LogP contribution in [0, 0.1) is 5.82 Å². The van der Waals surface area contributed by atoms with Gasteiger partial charge in [0.2, 0.25) is 0 Å². The monoisotopic (exact) mass is 333 g/mol. The second-order valence-corrected chi connectivity index (χ2v) is 5.27. The Labute approximate surface area is 136 Å². The largest absolute Gasteiger partial charge is 0.280 e. The highest BCUT2D eigenvalue weighted by atomic mass is 35.5. The third-order valence-electron chi connectivity index (χ3n) is 3.54. The smallest absolute Gasteiger partial charge is 0.274 e. The van der Waals surface area contributed by atoms with Crippen LogP contribution in [0.15, 0.2) is 42.7 Å². The summed E-state index contributed by atoms with van der Waals surface area (Å²) in [5.41, 5.74) is 2.00. The Morgan fingerprint density at radius 3 is 2.87 bits per heavy atom. The molecule has 2 aromatic heterocycles. The lowest BCUT2D eigenvalue weighted by atomic mass is 10.0. The SMILES string of the molecule is CON(C)C(=O)c1cn2nccc2c(-c2cccc(F)c2)c1Cl. The molecule has 0 unspecified atom stereocenters. The summed E-state index contributed by atoms with van der Waals surface area (Å²) >= 11 is 6.46. The molecule has 1 aromatic carbocycles. The fourth-order valence-corrected chi connectivity index (χ4v) is 2.70. The van der Waals surface area contributed by atoms with Gasteiger partial charge in [0, 0.05) is 18.8 Å². The molecule has 0 N–H and O–H groups in total. The highest BCUT2D eigenvalue weighted by molar-refractivity contribution is 6.37. The molecule has 0 aliphatic heterocycles. The summed E-state index contributed by atoms with van der Waals surface area (Å²) in [5.74, 6) is -0.811. The Hall–Kier alpha value is -2.44. The molecule has 0 saturated heterocycles. The Morgan fingerprint density at radius 1 is 1.39 bits per heavy atom. The first-order chi connectivity index (χ1) is 11.0. The predicted molar refractivity (Wildman–Crippen MR) is 84.7 cm³/mol. The summed E-state index contributed by atoms with van der Waals surface area (Å²) in [5, 5.41) is 5.43. The number of nitrogens with zero attached hydrogens (tertiary/aromatic N) is 3. The lowest BCUT2D eigenvalue weighted by molar-refractivity contribution is -0.0757. The van der Waals surface area contributed by atoms with Crippen LogP contribution in [0.4, 0.5) is 4.39 Å². The van der Waals surface area contributed by atoms with Gasteiger partial charge >= 0.3 is 0 Å². The average molecular weight is 334 g/mol. The molecule has 1 amide bonds. The van der Waals surface area contributed by atoms with Crippen molar-refractivity contribution in [1.29, 1.82) is 0 Å². The number of carbonyl (C=O) groups is 1. The average Bonchev–Trinajstić information content (AvgIpc) is 3.00. The van der Waals surface area contributed by atoms with Crippen LogP contribution in [0.1, 0.15) is 10.4 Å². The van der Waals surface area contributed by atoms with E-state index in [2.05, 4.69) is 5.10 Å². The number of carbonyl (C=O) groups excluding carboxylic acids is 1. The minimum Gasteiger partial charge on any atom is -0.274 e. The third kappa shape index (κ3) is 2.67. The minimum absolute atomic E-state index is 0.214. The molecule has 0 spiro atoms. The van der Waals surface area contributed by atoms with E-state index in [0.717, 1.165) is 5.06 Å². The molecular formula is C16H13ClFN3O2. The van der Waals surface area contributed by atoms with Gasteiger partial charge in [-0.05, 0) is 23.8 Å². The second kappa shape index (κ2) is 5.98. The summed E-state index contributed by atoms with van der Waals surface area (Å²) < 4.78 is 15.1. The maximum Gasteiger partial charge on any atom is 0.280 e. The summed E-state index contributed by atoms with van der Waals surface area (Å²) in [6.45, 7) is 0. The van der Waals surface area contributed by atoms with Crippen LogP contribution in [0.3, 0.4) is 0 Å². The van der Waals surface area contributed by atoms with Crippen molar-refractivity contribution in [2.45, 2.75) is 0 Å². The molecule has 3 aromatic rings. The van der Waals surface area contributed by atoms with Crippen LogP contribution in [-0.2, 0) is 4.84 Å². The van der Waals surface area contributed by atoms with Crippen molar-refractivity contribution in [3.8, 4) is 11.1 Å². The number of rotatable bonds is 3. The predicted octanol–water partition coefficient (Wildman–Crippen LogP) is 3.43. The standard InChI is InChI=1S/C16H13ClFN3O2/c1-20(23-2)16(22)12-9-21-13(6-7-19-21)14(15(12)17)10-4-3-5-11(18)8-10/h3-9H,1-2H3. The molecular weight excluding hydrogens is 321 g/mol. The van der Waals surface area contributed by atoms with Crippen LogP contribution >= 0.6 is 11.6 Å². The van der Waals surface area contributed by atoms with Gasteiger partial charge in [0.15, 0.2) is 0 Å². The fraction of sp³-hybridized carbons (Fsp3) is 0.125. The number of fused-ring (bicyclic) bond motifs is 1. The molecule has 0 atom stereocenters. The topological polar surface area (TPSA) is 46.8 Å². The number of aromatic nitrogens is 2. The highest BCUT2D eigenvalue weighted by Gasteiger charge is 2.22. The van der Waals surface area contributed by atoms with Crippen molar-refractivity contribution in [3.05, 3.63) is 59.1 Å². The van der Waals surface area contributed by atoms with Crippen molar-refractivity contribution in [1.82, 2.24) is 14.7 Å². The van der Waals surface area contributed by atoms with Crippen LogP contribution in [-0.4, -0.2) is 34.7 Å². The third-order valence-corrected chi connectivity index (χ3v) is 3.93. The zero-order valence-corrected chi connectivity index (χ0v) is 13.2. The van der Waals surface area contributed by atoms with Gasteiger partial charge in [0.05, 0.1) is 29.4 Å². The van der Waals surface area contributed by atoms with Crippen LogP contribution in [0.2, 0.25) is 5.02 Å². The quantitative estimate of drug-likeness (QED) is 0.690. The van der Waals surface area contributed by atoms with Crippen molar-refractivity contribution in [2.24, 2.45) is 0 Å². The Morgan fingerprint density at radius 2 is 2.17 bits per heavy atom. The summed E-state index contributed by atoms with van der Waals surface area (Å²) in [6.07, 6.45) is 3.11. The number of hydroxylamine groups is 2. The van der Waals surface area contributed by atoms with Gasteiger partial charge < -0.3 is 0 Å². The van der Waals surface area contributed by atoms with Crippen molar-refractivity contribution >= 4 is 23.0 Å². The van der Waals surface area contributed by atoms with E-state index < -0.39 is 5.91 Å². The summed E-state index contributed by atoms with van der Waals surface area (Å²) in [6, 6.07) is 7.77. The molecule has 118 valence electrons. The Kier molecular flexibility index (Phi) is 4.02.